The molecule has 4 aliphatic rings. The number of carboxylic acids is 1. The Morgan fingerprint density at radius 1 is 1.20 bits per heavy atom. The Morgan fingerprint density at radius 3 is 2.67 bits per heavy atom. The van der Waals surface area contributed by atoms with E-state index < -0.39 is 36.1 Å². The summed E-state index contributed by atoms with van der Waals surface area (Å²) in [6.45, 7) is 4.52. The van der Waals surface area contributed by atoms with Crippen LogP contribution in [0.15, 0.2) is 46.0 Å². The first-order valence-corrected chi connectivity index (χ1v) is 16.2. The molecule has 0 aliphatic carbocycles. The molecule has 3 saturated heterocycles. The third-order valence-corrected chi connectivity index (χ3v) is 10.2. The molecule has 3 fully saturated rings. The number of rotatable bonds is 9. The van der Waals surface area contributed by atoms with Crippen molar-refractivity contribution in [1.29, 1.82) is 0 Å². The first-order chi connectivity index (χ1) is 22.1. The number of nitrogens with zero attached hydrogens (tertiary/aromatic N) is 6. The summed E-state index contributed by atoms with van der Waals surface area (Å²) in [6, 6.07) is 1.89. The lowest BCUT2D eigenvalue weighted by molar-refractivity contribution is -0.146. The van der Waals surface area contributed by atoms with Crippen LogP contribution >= 0.6 is 22.9 Å². The third kappa shape index (κ3) is 6.09. The highest BCUT2D eigenvalue weighted by atomic mass is 35.5. The van der Waals surface area contributed by atoms with Gasteiger partial charge in [0.1, 0.15) is 24.1 Å². The number of carboxylic acid groups (broad SMARTS) is 1. The first kappa shape index (κ1) is 32.3. The number of ether oxygens (including phenoxy) is 2. The Morgan fingerprint density at radius 2 is 2.00 bits per heavy atom. The number of aliphatic carboxylic acids is 1. The standard InChI is InChI=1S/C30H35ClFN7O6S/c1-16(44-2)38-13-18(11-23(38)28(40)41)39-14-19-12-36(7-8-37(19)30(39)43)15-22-24(29(42)45-3)25(20-5-4-17(32)10-21(20)31)35-26(34-22)27-33-6-9-46-27/h4-6,9-10,16,18-19,23,25H,7-8,11-15H2,1-3H3,(H,34,35)(H,40,41)/t16?,18-,19-,23+,25-/m0/s1. The minimum atomic E-state index is -0.933. The van der Waals surface area contributed by atoms with Crippen molar-refractivity contribution in [1.82, 2.24) is 29.9 Å². The number of hydrogen-bond donors (Lipinski definition) is 2. The fourth-order valence-electron chi connectivity index (χ4n) is 6.78. The summed E-state index contributed by atoms with van der Waals surface area (Å²) < 4.78 is 24.6. The van der Waals surface area contributed by atoms with Gasteiger partial charge in [-0.15, -0.1) is 11.3 Å². The maximum Gasteiger partial charge on any atom is 0.338 e. The van der Waals surface area contributed by atoms with Gasteiger partial charge in [-0.1, -0.05) is 17.7 Å². The number of thiazole rings is 1. The Bertz CT molecular complexity index is 1570. The van der Waals surface area contributed by atoms with E-state index in [0.29, 0.717) is 67.8 Å². The van der Waals surface area contributed by atoms with Crippen LogP contribution in [0.3, 0.4) is 0 Å². The Balaban J connectivity index is 1.24. The van der Waals surface area contributed by atoms with Crippen LogP contribution in [0.1, 0.15) is 30.0 Å². The Kier molecular flexibility index (Phi) is 9.30. The molecule has 4 aliphatic heterocycles. The zero-order chi connectivity index (χ0) is 32.7. The molecule has 5 atom stereocenters. The van der Waals surface area contributed by atoms with Crippen LogP contribution in [-0.4, -0.2) is 131 Å². The van der Waals surface area contributed by atoms with Crippen molar-refractivity contribution in [3.63, 3.8) is 0 Å². The zero-order valence-electron chi connectivity index (χ0n) is 25.6. The molecule has 5 heterocycles. The minimum absolute atomic E-state index is 0.0971. The largest absolute Gasteiger partial charge is 0.480 e. The molecule has 1 aromatic carbocycles. The lowest BCUT2D eigenvalue weighted by Crippen LogP contribution is -2.53. The average molecular weight is 676 g/mol. The number of benzene rings is 1. The summed E-state index contributed by atoms with van der Waals surface area (Å²) in [5, 5.41) is 15.7. The van der Waals surface area contributed by atoms with Crippen molar-refractivity contribution < 1.29 is 33.4 Å². The van der Waals surface area contributed by atoms with Gasteiger partial charge in [-0.05, 0) is 25.5 Å². The predicted molar refractivity (Wildman–Crippen MR) is 167 cm³/mol. The molecular weight excluding hydrogens is 641 g/mol. The number of halogens is 2. The number of amidine groups is 1. The van der Waals surface area contributed by atoms with Gasteiger partial charge in [0.25, 0.3) is 0 Å². The van der Waals surface area contributed by atoms with Gasteiger partial charge in [0, 0.05) is 80.3 Å². The molecule has 13 nitrogen and oxygen atoms in total. The zero-order valence-corrected chi connectivity index (χ0v) is 27.1. The quantitative estimate of drug-likeness (QED) is 0.381. The SMILES string of the molecule is COC(=O)C1=C(CN2CCN3C(=O)N([C@H]4C[C@H](C(=O)O)N(C(C)OC)C4)C[C@@H]3C2)NC(c2nccs2)=N[C@H]1c1ccc(F)cc1Cl. The van der Waals surface area contributed by atoms with E-state index in [4.69, 9.17) is 26.1 Å². The van der Waals surface area contributed by atoms with E-state index in [0.717, 1.165) is 0 Å². The lowest BCUT2D eigenvalue weighted by Gasteiger charge is -2.38. The number of aliphatic imine (C=N–C) groups is 1. The second-order valence-corrected chi connectivity index (χ2v) is 13.0. The smallest absolute Gasteiger partial charge is 0.338 e. The normalized spacial score (nSPS) is 26.2. The van der Waals surface area contributed by atoms with Crippen LogP contribution < -0.4 is 5.32 Å². The summed E-state index contributed by atoms with van der Waals surface area (Å²) in [5.74, 6) is -1.59. The van der Waals surface area contributed by atoms with E-state index in [-0.39, 0.29) is 28.7 Å². The van der Waals surface area contributed by atoms with Crippen molar-refractivity contribution in [3.05, 3.63) is 62.5 Å². The molecule has 246 valence electrons. The minimum Gasteiger partial charge on any atom is -0.480 e. The van der Waals surface area contributed by atoms with Gasteiger partial charge >= 0.3 is 18.0 Å². The van der Waals surface area contributed by atoms with Crippen LogP contribution in [0.5, 0.6) is 0 Å². The highest BCUT2D eigenvalue weighted by Gasteiger charge is 2.49. The van der Waals surface area contributed by atoms with Crippen LogP contribution in [0.4, 0.5) is 9.18 Å². The monoisotopic (exact) mass is 675 g/mol. The molecule has 16 heteroatoms. The second kappa shape index (κ2) is 13.2. The number of aromatic nitrogens is 1. The van der Waals surface area contributed by atoms with Crippen molar-refractivity contribution in [2.75, 3.05) is 53.5 Å². The van der Waals surface area contributed by atoms with Crippen molar-refractivity contribution >= 4 is 46.7 Å². The van der Waals surface area contributed by atoms with Gasteiger partial charge in [-0.3, -0.25) is 19.6 Å². The fourth-order valence-corrected chi connectivity index (χ4v) is 7.64. The van der Waals surface area contributed by atoms with E-state index in [9.17, 15) is 23.9 Å². The van der Waals surface area contributed by atoms with Gasteiger partial charge in [-0.2, -0.15) is 0 Å². The van der Waals surface area contributed by atoms with Crippen molar-refractivity contribution in [3.8, 4) is 0 Å². The molecule has 2 amide bonds. The van der Waals surface area contributed by atoms with Gasteiger partial charge in [0.15, 0.2) is 10.8 Å². The second-order valence-electron chi connectivity index (χ2n) is 11.7. The van der Waals surface area contributed by atoms with Crippen LogP contribution in [0.25, 0.3) is 0 Å². The maximum atomic E-state index is 14.0. The highest BCUT2D eigenvalue weighted by molar-refractivity contribution is 7.11. The first-order valence-electron chi connectivity index (χ1n) is 14.9. The molecule has 2 aromatic rings. The molecule has 0 saturated carbocycles. The molecule has 0 bridgehead atoms. The number of carbonyl (C=O) groups excluding carboxylic acids is 2. The Hall–Kier alpha value is -3.63. The number of urea groups is 1. The van der Waals surface area contributed by atoms with Gasteiger partial charge < -0.3 is 29.7 Å². The highest BCUT2D eigenvalue weighted by Crippen LogP contribution is 2.37. The van der Waals surface area contributed by atoms with Gasteiger partial charge in [0.05, 0.1) is 18.7 Å². The molecule has 1 aromatic heterocycles. The topological polar surface area (TPSA) is 140 Å². The van der Waals surface area contributed by atoms with Crippen molar-refractivity contribution in [2.45, 2.75) is 43.7 Å². The number of nitrogens with one attached hydrogen (secondary N) is 1. The predicted octanol–water partition coefficient (Wildman–Crippen LogP) is 2.40. The number of methoxy groups -OCH3 is 2. The molecule has 0 spiro atoms. The average Bonchev–Trinajstić information content (AvgIpc) is 3.80. The molecule has 2 N–H and O–H groups in total. The van der Waals surface area contributed by atoms with Gasteiger partial charge in [0.2, 0.25) is 0 Å². The number of piperazine rings is 1. The number of hydrogen-bond acceptors (Lipinski definition) is 11. The lowest BCUT2D eigenvalue weighted by atomic mass is 9.95. The van der Waals surface area contributed by atoms with E-state index in [2.05, 4.69) is 15.2 Å². The Labute approximate surface area is 274 Å². The maximum absolute atomic E-state index is 14.0. The van der Waals surface area contributed by atoms with Crippen LogP contribution in [-0.2, 0) is 19.1 Å². The van der Waals surface area contributed by atoms with E-state index in [1.165, 1.54) is 43.8 Å². The molecule has 0 radical (unpaired) electrons. The summed E-state index contributed by atoms with van der Waals surface area (Å²) in [5.41, 5.74) is 1.25. The summed E-state index contributed by atoms with van der Waals surface area (Å²) in [7, 11) is 2.83. The van der Waals surface area contributed by atoms with Crippen LogP contribution in [0.2, 0.25) is 5.02 Å². The molecule has 1 unspecified atom stereocenters. The van der Waals surface area contributed by atoms with E-state index in [1.807, 2.05) is 10.3 Å². The fraction of sp³-hybridized carbons (Fsp3) is 0.500. The molecule has 46 heavy (non-hydrogen) atoms. The number of esters is 1. The molecule has 6 rings (SSSR count). The number of fused-ring (bicyclic) bond motifs is 1. The summed E-state index contributed by atoms with van der Waals surface area (Å²) in [4.78, 5) is 55.6. The third-order valence-electron chi connectivity index (χ3n) is 9.12. The number of likely N-dealkylation sites (tertiary alicyclic amines) is 1. The van der Waals surface area contributed by atoms with E-state index >= 15 is 0 Å². The summed E-state index contributed by atoms with van der Waals surface area (Å²) in [6.07, 6.45) is 1.59. The molecular formula is C30H35ClFN7O6S. The summed E-state index contributed by atoms with van der Waals surface area (Å²) >= 11 is 7.86. The number of amides is 2. The van der Waals surface area contributed by atoms with Crippen molar-refractivity contribution in [2.24, 2.45) is 4.99 Å². The van der Waals surface area contributed by atoms with E-state index in [1.54, 1.807) is 22.9 Å². The van der Waals surface area contributed by atoms with Crippen LogP contribution in [0, 0.1) is 5.82 Å². The number of carbonyl (C=O) groups is 3. The van der Waals surface area contributed by atoms with Gasteiger partial charge in [-0.25, -0.2) is 19.0 Å².